The van der Waals surface area contributed by atoms with Gasteiger partial charge in [0.05, 0.1) is 50.4 Å². The average molecular weight is 1420 g/mol. The fraction of sp³-hybridized carbons (Fsp3) is 0.507. The van der Waals surface area contributed by atoms with Gasteiger partial charge in [-0.2, -0.15) is 0 Å². The summed E-state index contributed by atoms with van der Waals surface area (Å²) < 4.78 is 0. The van der Waals surface area contributed by atoms with Crippen LogP contribution in [-0.4, -0.2) is 213 Å². The summed E-state index contributed by atoms with van der Waals surface area (Å²) in [5.41, 5.74) is 22.8. The molecule has 12 amide bonds. The number of nitrogens with one attached hydrogen (secondary N) is 9. The molecule has 4 unspecified atom stereocenters. The van der Waals surface area contributed by atoms with Gasteiger partial charge >= 0.3 is 17.9 Å². The highest BCUT2D eigenvalue weighted by Crippen LogP contribution is 2.24. The minimum absolute atomic E-state index is 0.00330. The second-order valence-electron chi connectivity index (χ2n) is 25.9. The lowest BCUT2D eigenvalue weighted by molar-refractivity contribution is -0.149. The number of amides is 12. The fourth-order valence-corrected chi connectivity index (χ4v) is 11.6. The Balaban J connectivity index is 1.42. The highest BCUT2D eigenvalue weighted by Gasteiger charge is 2.45. The standard InChI is InChI=1S/C69H94N14O19/c1-36(2)56(79-66(98)58(39(5)71)78-52(86)33-70)67(99)83-29-9-11-50(83)63(95)74-40(6)59(81-62(94)47(31-51(72)85)76-60(92)45-26-24-44(25-27-45)23-22-43-20-18-42(19-21-43)17-16-41-14-12-37(3)13-15-41)68(100)82-28-8-7-10-49(82)64(96)80-57(38(4)69(101)102)65(97)77-48(32-55(90)91)61(93)73-34-53(87)75-46(35-84)30-54(88)89/h12-15,18-21,24-27,35-36,38-40,46-50,56-59H,7-11,16-17,22-23,28-34,70-71H2,1-6H3,(H2,72,85)(H,73,93)(H,74,95)(H,75,87)(H,76,92)(H,77,97)(H,78,86)(H,79,98)(H,80,96)(H,81,94)(H,88,89)(H,90,91)(H,101,102)/t38?,39?,40-,46?,47+,48+,49-,50+,56+,57+,58-,59?/m1/s1. The van der Waals surface area contributed by atoms with Crippen molar-refractivity contribution >= 4 is 95.1 Å². The second-order valence-corrected chi connectivity index (χ2v) is 25.9. The van der Waals surface area contributed by atoms with E-state index < -0.39 is 199 Å². The van der Waals surface area contributed by atoms with Crippen molar-refractivity contribution in [3.05, 3.63) is 106 Å². The van der Waals surface area contributed by atoms with Crippen molar-refractivity contribution in [2.75, 3.05) is 26.2 Å². The van der Waals surface area contributed by atoms with Gasteiger partial charge < -0.3 is 95.0 Å². The van der Waals surface area contributed by atoms with Crippen LogP contribution in [0.1, 0.15) is 124 Å². The number of aliphatic carboxylic acids is 3. The third-order valence-electron chi connectivity index (χ3n) is 17.5. The van der Waals surface area contributed by atoms with E-state index in [1.54, 1.807) is 26.0 Å². The number of piperidine rings is 1. The molecular weight excluding hydrogens is 1330 g/mol. The predicted octanol–water partition coefficient (Wildman–Crippen LogP) is -2.73. The predicted molar refractivity (Wildman–Crippen MR) is 365 cm³/mol. The summed E-state index contributed by atoms with van der Waals surface area (Å²) in [7, 11) is 0. The SMILES string of the molecule is Cc1ccc(CCc2ccc(CCc3ccc(C(=O)N[C@@H](CC(N)=O)C(=O)NC(C(=O)N4CCCC[C@@H]4C(=O)N[C@H](C(=O)N[C@@H](CC(=O)O)C(=O)NCC(=O)NC(C=O)CC(=O)O)C(C)C(=O)O)[C@@H](C)NC(=O)[C@@H]4CCCN4C(=O)[C@@H](NC(=O)[C@H](NC(=O)CN)C(C)N)C(C)C)cc3)cc2)cc1. The number of nitrogens with zero attached hydrogens (tertiary/aromatic N) is 2. The van der Waals surface area contributed by atoms with E-state index in [9.17, 15) is 82.1 Å². The zero-order chi connectivity index (χ0) is 75.7. The van der Waals surface area contributed by atoms with Crippen LogP contribution in [0.4, 0.5) is 0 Å². The monoisotopic (exact) mass is 1420 g/mol. The molecule has 0 saturated carbocycles. The Morgan fingerprint density at radius 1 is 0.520 bits per heavy atom. The number of hydrogen-bond acceptors (Lipinski definition) is 18. The molecule has 0 bridgehead atoms. The number of benzene rings is 3. The first kappa shape index (κ1) is 82.0. The van der Waals surface area contributed by atoms with Crippen molar-refractivity contribution in [3.63, 3.8) is 0 Å². The summed E-state index contributed by atoms with van der Waals surface area (Å²) in [6.07, 6.45) is 0.898. The van der Waals surface area contributed by atoms with Crippen molar-refractivity contribution in [2.24, 2.45) is 29.0 Å². The van der Waals surface area contributed by atoms with E-state index in [2.05, 4.69) is 85.7 Å². The first-order valence-electron chi connectivity index (χ1n) is 33.6. The van der Waals surface area contributed by atoms with Crippen LogP contribution in [0.5, 0.6) is 0 Å². The van der Waals surface area contributed by atoms with Gasteiger partial charge in [-0.15, -0.1) is 0 Å². The van der Waals surface area contributed by atoms with Crippen LogP contribution in [-0.2, 0) is 97.6 Å². The number of carboxylic acids is 3. The number of aldehydes is 1. The summed E-state index contributed by atoms with van der Waals surface area (Å²) in [5, 5.41) is 50.1. The first-order valence-corrected chi connectivity index (χ1v) is 33.6. The molecule has 5 rings (SSSR count). The Labute approximate surface area is 589 Å². The van der Waals surface area contributed by atoms with Crippen LogP contribution in [0.2, 0.25) is 0 Å². The van der Waals surface area contributed by atoms with Gasteiger partial charge in [-0.05, 0) is 126 Å². The molecule has 0 aromatic heterocycles. The van der Waals surface area contributed by atoms with E-state index in [1.807, 2.05) is 17.6 Å². The van der Waals surface area contributed by atoms with Crippen molar-refractivity contribution in [1.29, 1.82) is 0 Å². The van der Waals surface area contributed by atoms with Gasteiger partial charge in [0.1, 0.15) is 54.6 Å². The molecule has 3 aromatic carbocycles. The molecule has 2 heterocycles. The number of hydrogen-bond donors (Lipinski definition) is 15. The zero-order valence-corrected chi connectivity index (χ0v) is 57.8. The molecule has 2 saturated heterocycles. The molecule has 12 atom stereocenters. The van der Waals surface area contributed by atoms with E-state index in [-0.39, 0.29) is 57.0 Å². The summed E-state index contributed by atoms with van der Waals surface area (Å²) in [5.74, 6) is -19.6. The molecule has 18 N–H and O–H groups in total. The maximum atomic E-state index is 15.4. The number of rotatable bonds is 38. The fourth-order valence-electron chi connectivity index (χ4n) is 11.6. The number of carboxylic acid groups (broad SMARTS) is 3. The summed E-state index contributed by atoms with van der Waals surface area (Å²) in [6, 6.07) is 5.83. The van der Waals surface area contributed by atoms with Crippen LogP contribution in [0.3, 0.4) is 0 Å². The lowest BCUT2D eigenvalue weighted by Crippen LogP contribution is -2.66. The Morgan fingerprint density at radius 3 is 1.50 bits per heavy atom. The van der Waals surface area contributed by atoms with E-state index in [0.29, 0.717) is 12.8 Å². The van der Waals surface area contributed by atoms with Crippen LogP contribution in [0.25, 0.3) is 0 Å². The molecule has 33 heteroatoms. The summed E-state index contributed by atoms with van der Waals surface area (Å²) in [4.78, 5) is 215. The van der Waals surface area contributed by atoms with Gasteiger partial charge in [0.2, 0.25) is 65.0 Å². The van der Waals surface area contributed by atoms with E-state index in [1.165, 1.54) is 47.6 Å². The number of primary amides is 1. The molecule has 102 heavy (non-hydrogen) atoms. The molecule has 0 aliphatic carbocycles. The molecule has 2 fully saturated rings. The molecule has 2 aliphatic heterocycles. The lowest BCUT2D eigenvalue weighted by Gasteiger charge is -2.39. The van der Waals surface area contributed by atoms with E-state index >= 15 is 4.79 Å². The van der Waals surface area contributed by atoms with Crippen LogP contribution >= 0.6 is 0 Å². The number of aryl methyl sites for hydroxylation is 5. The number of nitrogens with two attached hydrogens (primary N) is 3. The first-order chi connectivity index (χ1) is 48.2. The number of likely N-dealkylation sites (tertiary alicyclic amines) is 2. The molecule has 0 radical (unpaired) electrons. The highest BCUT2D eigenvalue weighted by molar-refractivity contribution is 6.02. The third-order valence-corrected chi connectivity index (χ3v) is 17.5. The Bertz CT molecular complexity index is 3540. The third kappa shape index (κ3) is 24.9. The molecular formula is C69H94N14O19. The maximum absolute atomic E-state index is 15.4. The van der Waals surface area contributed by atoms with Crippen molar-refractivity contribution in [3.8, 4) is 0 Å². The zero-order valence-electron chi connectivity index (χ0n) is 57.8. The second kappa shape index (κ2) is 39.3. The maximum Gasteiger partial charge on any atom is 0.308 e. The van der Waals surface area contributed by atoms with Gasteiger partial charge in [0, 0.05) is 24.7 Å². The Hall–Kier alpha value is -10.7. The minimum Gasteiger partial charge on any atom is -0.481 e. The Morgan fingerprint density at radius 2 is 1.00 bits per heavy atom. The van der Waals surface area contributed by atoms with Gasteiger partial charge in [-0.25, -0.2) is 0 Å². The molecule has 3 aromatic rings. The van der Waals surface area contributed by atoms with Crippen molar-refractivity contribution < 1.29 is 92.0 Å². The lowest BCUT2D eigenvalue weighted by atomic mass is 9.96. The molecule has 554 valence electrons. The van der Waals surface area contributed by atoms with Crippen molar-refractivity contribution in [2.45, 2.75) is 185 Å². The average Bonchev–Trinajstić information content (AvgIpc) is 1.07. The summed E-state index contributed by atoms with van der Waals surface area (Å²) in [6.45, 7) is 7.33. The van der Waals surface area contributed by atoms with Gasteiger partial charge in [-0.1, -0.05) is 80.1 Å². The normalized spacial score (nSPS) is 17.1. The largest absolute Gasteiger partial charge is 0.481 e. The summed E-state index contributed by atoms with van der Waals surface area (Å²) >= 11 is 0. The minimum atomic E-state index is -2.14. The van der Waals surface area contributed by atoms with E-state index in [0.717, 1.165) is 35.8 Å². The molecule has 2 aliphatic rings. The van der Waals surface area contributed by atoms with Gasteiger partial charge in [0.25, 0.3) is 5.91 Å². The van der Waals surface area contributed by atoms with E-state index in [4.69, 9.17) is 22.3 Å². The topological polar surface area (TPSA) is 527 Å². The number of carbonyl (C=O) groups is 16. The number of carbonyl (C=O) groups excluding carboxylic acids is 13. The quantitative estimate of drug-likeness (QED) is 0.0259. The van der Waals surface area contributed by atoms with Crippen molar-refractivity contribution in [1.82, 2.24) is 57.7 Å². The Kier molecular flexibility index (Phi) is 31.6. The van der Waals surface area contributed by atoms with Gasteiger partial charge in [-0.3, -0.25) is 71.9 Å². The smallest absolute Gasteiger partial charge is 0.308 e. The highest BCUT2D eigenvalue weighted by atomic mass is 16.4. The van der Waals surface area contributed by atoms with Crippen LogP contribution in [0, 0.1) is 18.8 Å². The van der Waals surface area contributed by atoms with Crippen LogP contribution < -0.4 is 65.1 Å². The molecule has 33 nitrogen and oxygen atoms in total. The van der Waals surface area contributed by atoms with Crippen LogP contribution in [0.15, 0.2) is 72.8 Å². The molecule has 0 spiro atoms. The van der Waals surface area contributed by atoms with Gasteiger partial charge in [0.15, 0.2) is 0 Å².